The van der Waals surface area contributed by atoms with Gasteiger partial charge in [-0.05, 0) is 60.0 Å². The first kappa shape index (κ1) is 14.8. The van der Waals surface area contributed by atoms with Crippen LogP contribution in [0.15, 0.2) is 41.3 Å². The zero-order chi connectivity index (χ0) is 14.5. The van der Waals surface area contributed by atoms with Gasteiger partial charge in [0.1, 0.15) is 5.69 Å². The van der Waals surface area contributed by atoms with Gasteiger partial charge in [-0.25, -0.2) is 0 Å². The van der Waals surface area contributed by atoms with Gasteiger partial charge in [-0.2, -0.15) is 0 Å². The molecule has 0 aliphatic heterocycles. The lowest BCUT2D eigenvalue weighted by atomic mass is 10.2. The van der Waals surface area contributed by atoms with E-state index in [1.54, 1.807) is 12.4 Å². The Bertz CT molecular complexity index is 578. The summed E-state index contributed by atoms with van der Waals surface area (Å²) in [7, 11) is 0. The molecule has 20 heavy (non-hydrogen) atoms. The minimum absolute atomic E-state index is 0.0431. The second-order valence-corrected chi connectivity index (χ2v) is 5.82. The van der Waals surface area contributed by atoms with Gasteiger partial charge in [0, 0.05) is 35.6 Å². The number of nitrogens with zero attached hydrogens (tertiary/aromatic N) is 2. The highest BCUT2D eigenvalue weighted by Crippen LogP contribution is 2.19. The monoisotopic (exact) mass is 335 g/mol. The molecule has 0 saturated heterocycles. The van der Waals surface area contributed by atoms with Crippen molar-refractivity contribution >= 4 is 21.8 Å². The van der Waals surface area contributed by atoms with Crippen molar-refractivity contribution in [3.8, 4) is 0 Å². The van der Waals surface area contributed by atoms with E-state index in [4.69, 9.17) is 0 Å². The smallest absolute Gasteiger partial charge is 0.267 e. The predicted octanol–water partition coefficient (Wildman–Crippen LogP) is 3.20. The molecule has 0 bridgehead atoms. The van der Waals surface area contributed by atoms with E-state index >= 15 is 0 Å². The van der Waals surface area contributed by atoms with E-state index in [0.29, 0.717) is 12.2 Å². The number of halogens is 1. The standard InChI is InChI=1S/C15H18BrN3O/c1-11(2)19-10-13(16)9-14(19)15(20)18-8-5-12-3-6-17-7-4-12/h3-4,6-7,9-11H,5,8H2,1-2H3,(H,18,20). The third-order valence-electron chi connectivity index (χ3n) is 3.05. The fourth-order valence-electron chi connectivity index (χ4n) is 2.02. The van der Waals surface area contributed by atoms with Crippen molar-refractivity contribution in [1.29, 1.82) is 0 Å². The van der Waals surface area contributed by atoms with Gasteiger partial charge in [0.15, 0.2) is 0 Å². The summed E-state index contributed by atoms with van der Waals surface area (Å²) in [4.78, 5) is 16.2. The van der Waals surface area contributed by atoms with Crippen LogP contribution in [0, 0.1) is 0 Å². The molecular weight excluding hydrogens is 318 g/mol. The van der Waals surface area contributed by atoms with E-state index in [9.17, 15) is 4.79 Å². The van der Waals surface area contributed by atoms with E-state index in [0.717, 1.165) is 10.9 Å². The van der Waals surface area contributed by atoms with Gasteiger partial charge >= 0.3 is 0 Å². The van der Waals surface area contributed by atoms with E-state index in [1.807, 2.05) is 29.0 Å². The molecule has 106 valence electrons. The topological polar surface area (TPSA) is 46.9 Å². The first-order chi connectivity index (χ1) is 9.58. The van der Waals surface area contributed by atoms with Gasteiger partial charge in [-0.1, -0.05) is 0 Å². The van der Waals surface area contributed by atoms with Gasteiger partial charge in [0.25, 0.3) is 5.91 Å². The molecule has 0 saturated carbocycles. The molecule has 2 heterocycles. The number of amides is 1. The normalized spacial score (nSPS) is 10.8. The predicted molar refractivity (Wildman–Crippen MR) is 82.8 cm³/mol. The average molecular weight is 336 g/mol. The highest BCUT2D eigenvalue weighted by atomic mass is 79.9. The van der Waals surface area contributed by atoms with Gasteiger partial charge in [0.2, 0.25) is 0 Å². The Kier molecular flexibility index (Phi) is 4.95. The van der Waals surface area contributed by atoms with Crippen molar-refractivity contribution in [2.24, 2.45) is 0 Å². The molecular formula is C15H18BrN3O. The highest BCUT2D eigenvalue weighted by molar-refractivity contribution is 9.10. The molecule has 0 radical (unpaired) electrons. The molecule has 1 N–H and O–H groups in total. The number of carbonyl (C=O) groups excluding carboxylic acids is 1. The SMILES string of the molecule is CC(C)n1cc(Br)cc1C(=O)NCCc1ccncc1. The van der Waals surface area contributed by atoms with Crippen LogP contribution in [0.1, 0.15) is 35.9 Å². The summed E-state index contributed by atoms with van der Waals surface area (Å²) in [6.07, 6.45) is 6.26. The van der Waals surface area contributed by atoms with Gasteiger partial charge < -0.3 is 9.88 Å². The van der Waals surface area contributed by atoms with Crippen LogP contribution in [0.5, 0.6) is 0 Å². The summed E-state index contributed by atoms with van der Waals surface area (Å²) in [5.41, 5.74) is 1.85. The third-order valence-corrected chi connectivity index (χ3v) is 3.49. The molecule has 0 unspecified atom stereocenters. The average Bonchev–Trinajstić information content (AvgIpc) is 2.82. The Labute approximate surface area is 127 Å². The van der Waals surface area contributed by atoms with Crippen molar-refractivity contribution < 1.29 is 4.79 Å². The molecule has 2 rings (SSSR count). The van der Waals surface area contributed by atoms with Crippen LogP contribution in [0.2, 0.25) is 0 Å². The summed E-state index contributed by atoms with van der Waals surface area (Å²) in [5.74, 6) is -0.0431. The Morgan fingerprint density at radius 1 is 1.40 bits per heavy atom. The molecule has 2 aromatic rings. The van der Waals surface area contributed by atoms with Crippen LogP contribution < -0.4 is 5.32 Å². The van der Waals surface area contributed by atoms with Crippen LogP contribution in [0.4, 0.5) is 0 Å². The quantitative estimate of drug-likeness (QED) is 0.911. The van der Waals surface area contributed by atoms with Crippen molar-refractivity contribution in [2.75, 3.05) is 6.54 Å². The van der Waals surface area contributed by atoms with E-state index in [-0.39, 0.29) is 11.9 Å². The number of carbonyl (C=O) groups is 1. The number of hydrogen-bond acceptors (Lipinski definition) is 2. The van der Waals surface area contributed by atoms with Crippen LogP contribution in [-0.4, -0.2) is 22.0 Å². The summed E-state index contributed by atoms with van der Waals surface area (Å²) in [6, 6.07) is 6.02. The third kappa shape index (κ3) is 3.70. The maximum Gasteiger partial charge on any atom is 0.267 e. The fourth-order valence-corrected chi connectivity index (χ4v) is 2.45. The number of hydrogen-bond donors (Lipinski definition) is 1. The van der Waals surface area contributed by atoms with Crippen molar-refractivity contribution in [3.63, 3.8) is 0 Å². The van der Waals surface area contributed by atoms with Gasteiger partial charge in [-0.15, -0.1) is 0 Å². The Balaban J connectivity index is 1.95. The number of nitrogens with one attached hydrogen (secondary N) is 1. The lowest BCUT2D eigenvalue weighted by molar-refractivity contribution is 0.0943. The summed E-state index contributed by atoms with van der Waals surface area (Å²) in [5, 5.41) is 2.96. The van der Waals surface area contributed by atoms with Crippen molar-refractivity contribution in [2.45, 2.75) is 26.3 Å². The van der Waals surface area contributed by atoms with Crippen molar-refractivity contribution in [3.05, 3.63) is 52.5 Å². The first-order valence-corrected chi connectivity index (χ1v) is 7.41. The van der Waals surface area contributed by atoms with Crippen LogP contribution in [-0.2, 0) is 6.42 Å². The first-order valence-electron chi connectivity index (χ1n) is 6.62. The largest absolute Gasteiger partial charge is 0.350 e. The minimum atomic E-state index is -0.0431. The number of pyridine rings is 1. The lowest BCUT2D eigenvalue weighted by Gasteiger charge is -2.12. The molecule has 0 atom stereocenters. The zero-order valence-corrected chi connectivity index (χ0v) is 13.2. The molecule has 0 aliphatic carbocycles. The Morgan fingerprint density at radius 3 is 2.75 bits per heavy atom. The maximum absolute atomic E-state index is 12.2. The summed E-state index contributed by atoms with van der Waals surface area (Å²) >= 11 is 3.42. The molecule has 5 heteroatoms. The summed E-state index contributed by atoms with van der Waals surface area (Å²) in [6.45, 7) is 4.73. The van der Waals surface area contributed by atoms with Crippen LogP contribution in [0.25, 0.3) is 0 Å². The Hall–Kier alpha value is -1.62. The molecule has 1 amide bonds. The second-order valence-electron chi connectivity index (χ2n) is 4.91. The van der Waals surface area contributed by atoms with Gasteiger partial charge in [0.05, 0.1) is 0 Å². The molecule has 0 aromatic carbocycles. The molecule has 0 spiro atoms. The van der Waals surface area contributed by atoms with E-state index in [1.165, 1.54) is 5.56 Å². The van der Waals surface area contributed by atoms with Crippen LogP contribution in [0.3, 0.4) is 0 Å². The minimum Gasteiger partial charge on any atom is -0.350 e. The van der Waals surface area contributed by atoms with Gasteiger partial charge in [-0.3, -0.25) is 9.78 Å². The zero-order valence-electron chi connectivity index (χ0n) is 11.6. The van der Waals surface area contributed by atoms with E-state index in [2.05, 4.69) is 40.1 Å². The van der Waals surface area contributed by atoms with E-state index < -0.39 is 0 Å². The Morgan fingerprint density at radius 2 is 2.10 bits per heavy atom. The fraction of sp³-hybridized carbons (Fsp3) is 0.333. The molecule has 0 aliphatic rings. The number of aromatic nitrogens is 2. The highest BCUT2D eigenvalue weighted by Gasteiger charge is 2.14. The molecule has 0 fully saturated rings. The summed E-state index contributed by atoms with van der Waals surface area (Å²) < 4.78 is 2.89. The second kappa shape index (κ2) is 6.70. The molecule has 4 nitrogen and oxygen atoms in total. The van der Waals surface area contributed by atoms with Crippen molar-refractivity contribution in [1.82, 2.24) is 14.9 Å². The van der Waals surface area contributed by atoms with Crippen LogP contribution >= 0.6 is 15.9 Å². The molecule has 2 aromatic heterocycles. The number of rotatable bonds is 5. The lowest BCUT2D eigenvalue weighted by Crippen LogP contribution is -2.28. The maximum atomic E-state index is 12.2.